The van der Waals surface area contributed by atoms with Crippen LogP contribution in [0.3, 0.4) is 0 Å². The third kappa shape index (κ3) is 5.30. The van der Waals surface area contributed by atoms with Gasteiger partial charge in [-0.05, 0) is 56.0 Å². The molecule has 2 aliphatic rings. The molecule has 2 aromatic heterocycles. The summed E-state index contributed by atoms with van der Waals surface area (Å²) >= 11 is 14.0. The Kier molecular flexibility index (Phi) is 7.62. The fraction of sp³-hybridized carbons (Fsp3) is 0.370. The van der Waals surface area contributed by atoms with Crippen LogP contribution in [0.5, 0.6) is 0 Å². The number of hydrogen-bond acceptors (Lipinski definition) is 6. The van der Waals surface area contributed by atoms with Gasteiger partial charge in [-0.3, -0.25) is 0 Å². The fourth-order valence-corrected chi connectivity index (χ4v) is 6.41. The van der Waals surface area contributed by atoms with Crippen LogP contribution in [0.2, 0.25) is 10.0 Å². The molecule has 188 valence electrons. The summed E-state index contributed by atoms with van der Waals surface area (Å²) in [5, 5.41) is 24.7. The Morgan fingerprint density at radius 1 is 1.03 bits per heavy atom. The molecule has 6 nitrogen and oxygen atoms in total. The molecule has 0 atom stereocenters. The van der Waals surface area contributed by atoms with Gasteiger partial charge in [0.15, 0.2) is 0 Å². The highest BCUT2D eigenvalue weighted by Crippen LogP contribution is 2.45. The molecule has 0 aliphatic heterocycles. The second kappa shape index (κ2) is 10.9. The lowest BCUT2D eigenvalue weighted by molar-refractivity contribution is 0.0697. The first kappa shape index (κ1) is 25.2. The van der Waals surface area contributed by atoms with Crippen LogP contribution in [0.1, 0.15) is 83.5 Å². The number of carboxylic acids is 1. The fourth-order valence-electron chi connectivity index (χ4n) is 4.66. The van der Waals surface area contributed by atoms with Gasteiger partial charge < -0.3 is 14.7 Å². The molecular weight excluding hydrogens is 519 g/mol. The van der Waals surface area contributed by atoms with E-state index in [4.69, 9.17) is 32.8 Å². The largest absolute Gasteiger partial charge is 0.478 e. The first-order valence-corrected chi connectivity index (χ1v) is 13.7. The van der Waals surface area contributed by atoms with Crippen molar-refractivity contribution in [1.29, 1.82) is 0 Å². The molecule has 2 N–H and O–H groups in total. The number of thiazole rings is 1. The molecule has 2 saturated carbocycles. The molecule has 2 fully saturated rings. The molecule has 0 radical (unpaired) electrons. The first-order valence-electron chi connectivity index (χ1n) is 12.1. The second-order valence-corrected chi connectivity index (χ2v) is 11.2. The average molecular weight is 545 g/mol. The molecule has 4 aromatic rings. The van der Waals surface area contributed by atoms with E-state index < -0.39 is 5.97 Å². The monoisotopic (exact) mass is 544 g/mol. The number of nitrogens with zero attached hydrogens (tertiary/aromatic N) is 2. The van der Waals surface area contributed by atoms with Crippen molar-refractivity contribution in [3.63, 3.8) is 0 Å². The number of rotatable bonds is 5. The van der Waals surface area contributed by atoms with E-state index in [1.807, 2.05) is 6.07 Å². The van der Waals surface area contributed by atoms with Crippen molar-refractivity contribution in [2.45, 2.75) is 63.4 Å². The summed E-state index contributed by atoms with van der Waals surface area (Å²) in [4.78, 5) is 15.6. The zero-order valence-electron chi connectivity index (χ0n) is 19.5. The highest BCUT2D eigenvalue weighted by molar-refractivity contribution is 7.18. The molecule has 0 unspecified atom stereocenters. The Bertz CT molecular complexity index is 1370. The van der Waals surface area contributed by atoms with Crippen LogP contribution in [0.25, 0.3) is 21.5 Å². The van der Waals surface area contributed by atoms with Crippen molar-refractivity contribution in [1.82, 2.24) is 10.1 Å². The smallest absolute Gasteiger partial charge is 0.335 e. The van der Waals surface area contributed by atoms with Gasteiger partial charge >= 0.3 is 5.97 Å². The van der Waals surface area contributed by atoms with Gasteiger partial charge in [-0.2, -0.15) is 0 Å². The van der Waals surface area contributed by atoms with Gasteiger partial charge in [0.2, 0.25) is 0 Å². The van der Waals surface area contributed by atoms with Crippen LogP contribution >= 0.6 is 34.5 Å². The van der Waals surface area contributed by atoms with Gasteiger partial charge in [0.25, 0.3) is 0 Å². The number of halogens is 2. The molecule has 9 heteroatoms. The minimum Gasteiger partial charge on any atom is -0.478 e. The molecule has 0 spiro atoms. The van der Waals surface area contributed by atoms with Crippen LogP contribution in [0, 0.1) is 0 Å². The average Bonchev–Trinajstić information content (AvgIpc) is 3.50. The lowest BCUT2D eigenvalue weighted by atomic mass is 9.90. The maximum Gasteiger partial charge on any atom is 0.335 e. The summed E-state index contributed by atoms with van der Waals surface area (Å²) in [6, 6.07) is 10.5. The predicted molar refractivity (Wildman–Crippen MR) is 142 cm³/mol. The van der Waals surface area contributed by atoms with E-state index in [1.54, 1.807) is 41.7 Å². The molecular formula is C27H26Cl2N2O4S. The van der Waals surface area contributed by atoms with E-state index in [1.165, 1.54) is 37.1 Å². The Morgan fingerprint density at radius 3 is 2.39 bits per heavy atom. The van der Waals surface area contributed by atoms with Gasteiger partial charge in [-0.15, -0.1) is 11.3 Å². The number of carboxylic acid groups (broad SMARTS) is 1. The summed E-state index contributed by atoms with van der Waals surface area (Å²) in [5.41, 5.74) is 3.16. The number of hydrogen-bond donors (Lipinski definition) is 2. The minimum atomic E-state index is -0.871. The highest BCUT2D eigenvalue weighted by atomic mass is 35.5. The molecule has 2 aromatic carbocycles. The number of aliphatic hydroxyl groups excluding tert-OH is 1. The van der Waals surface area contributed by atoms with Crippen molar-refractivity contribution >= 4 is 50.7 Å². The van der Waals surface area contributed by atoms with Gasteiger partial charge in [0.05, 0.1) is 37.4 Å². The van der Waals surface area contributed by atoms with E-state index >= 15 is 0 Å². The number of aliphatic hydroxyl groups is 1. The molecule has 6 rings (SSSR count). The van der Waals surface area contributed by atoms with E-state index in [0.717, 1.165) is 28.8 Å². The molecule has 2 heterocycles. The number of aromatic nitrogens is 2. The summed E-state index contributed by atoms with van der Waals surface area (Å²) in [6.45, 7) is -0.119. The molecule has 36 heavy (non-hydrogen) atoms. The molecule has 0 bridgehead atoms. The van der Waals surface area contributed by atoms with Crippen LogP contribution in [-0.2, 0) is 6.61 Å². The van der Waals surface area contributed by atoms with E-state index in [-0.39, 0.29) is 6.61 Å². The molecule has 0 amide bonds. The quantitative estimate of drug-likeness (QED) is 0.263. The lowest BCUT2D eigenvalue weighted by Gasteiger charge is -2.18. The maximum absolute atomic E-state index is 10.9. The zero-order chi connectivity index (χ0) is 25.2. The van der Waals surface area contributed by atoms with Crippen LogP contribution in [0.4, 0.5) is 0 Å². The summed E-state index contributed by atoms with van der Waals surface area (Å²) in [6.07, 6.45) is 8.54. The van der Waals surface area contributed by atoms with Crippen molar-refractivity contribution in [3.05, 3.63) is 68.3 Å². The predicted octanol–water partition coefficient (Wildman–Crippen LogP) is 8.06. The number of aromatic carboxylic acids is 1. The van der Waals surface area contributed by atoms with Gasteiger partial charge in [-0.1, -0.05) is 53.7 Å². The minimum absolute atomic E-state index is 0.119. The SMILES string of the molecule is O=C(O)c1ccc2nc(C3CCCCC3)sc2c1.OCc1c(-c2c(Cl)cccc2Cl)noc1C1CC1. The molecule has 2 aliphatic carbocycles. The van der Waals surface area contributed by atoms with E-state index in [0.29, 0.717) is 44.3 Å². The van der Waals surface area contributed by atoms with Crippen LogP contribution < -0.4 is 0 Å². The van der Waals surface area contributed by atoms with Crippen molar-refractivity contribution in [3.8, 4) is 11.3 Å². The maximum atomic E-state index is 10.9. The second-order valence-electron chi connectivity index (χ2n) is 9.28. The Hall–Kier alpha value is -2.45. The third-order valence-electron chi connectivity index (χ3n) is 6.73. The zero-order valence-corrected chi connectivity index (χ0v) is 21.9. The number of carbonyl (C=O) groups is 1. The number of fused-ring (bicyclic) bond motifs is 1. The number of benzene rings is 2. The van der Waals surface area contributed by atoms with Gasteiger partial charge in [-0.25, -0.2) is 9.78 Å². The van der Waals surface area contributed by atoms with Crippen LogP contribution in [-0.4, -0.2) is 26.3 Å². The van der Waals surface area contributed by atoms with E-state index in [9.17, 15) is 9.90 Å². The van der Waals surface area contributed by atoms with Crippen LogP contribution in [0.15, 0.2) is 40.9 Å². The van der Waals surface area contributed by atoms with Crippen molar-refractivity contribution in [2.75, 3.05) is 0 Å². The van der Waals surface area contributed by atoms with Gasteiger partial charge in [0.1, 0.15) is 11.5 Å². The Balaban J connectivity index is 0.000000148. The summed E-state index contributed by atoms with van der Waals surface area (Å²) in [5.74, 6) is 0.868. The highest BCUT2D eigenvalue weighted by Gasteiger charge is 2.33. The van der Waals surface area contributed by atoms with Gasteiger partial charge in [0, 0.05) is 23.0 Å². The summed E-state index contributed by atoms with van der Waals surface area (Å²) in [7, 11) is 0. The van der Waals surface area contributed by atoms with E-state index in [2.05, 4.69) is 10.1 Å². The Morgan fingerprint density at radius 2 is 1.75 bits per heavy atom. The standard InChI is InChI=1S/C14H15NO2S.C13H11Cl2NO2/c16-14(17)10-6-7-11-12(8-10)18-13(15-11)9-4-2-1-3-5-9;14-9-2-1-3-10(15)11(9)12-8(6-17)13(18-16-12)7-4-5-7/h6-9H,1-5H2,(H,16,17);1-3,7,17H,4-6H2. The van der Waals surface area contributed by atoms with Crippen molar-refractivity contribution in [2.24, 2.45) is 0 Å². The normalized spacial score (nSPS) is 16.1. The third-order valence-corrected chi connectivity index (χ3v) is 8.54. The summed E-state index contributed by atoms with van der Waals surface area (Å²) < 4.78 is 6.34. The first-order chi connectivity index (χ1) is 17.5. The topological polar surface area (TPSA) is 96.5 Å². The lowest BCUT2D eigenvalue weighted by Crippen LogP contribution is -2.03. The molecule has 0 saturated heterocycles. The van der Waals surface area contributed by atoms with Crippen molar-refractivity contribution < 1.29 is 19.5 Å². The Labute approximate surface area is 222 Å².